The molecule has 6 nitrogen and oxygen atoms in total. The van der Waals surface area contributed by atoms with Gasteiger partial charge in [0.05, 0.1) is 5.69 Å². The van der Waals surface area contributed by atoms with Crippen molar-refractivity contribution in [2.45, 2.75) is 26.4 Å². The number of anilines is 2. The second-order valence-electron chi connectivity index (χ2n) is 6.46. The van der Waals surface area contributed by atoms with Gasteiger partial charge in [-0.05, 0) is 73.1 Å². The van der Waals surface area contributed by atoms with Crippen molar-refractivity contribution in [2.24, 2.45) is 0 Å². The highest BCUT2D eigenvalue weighted by Crippen LogP contribution is 2.22. The van der Waals surface area contributed by atoms with Crippen molar-refractivity contribution in [3.05, 3.63) is 53.0 Å². The molecule has 138 valence electrons. The molecule has 0 unspecified atom stereocenters. The van der Waals surface area contributed by atoms with E-state index in [0.29, 0.717) is 17.1 Å². The normalized spacial score (nSPS) is 10.8. The average Bonchev–Trinajstić information content (AvgIpc) is 2.55. The lowest BCUT2D eigenvalue weighted by Gasteiger charge is -2.19. The Balaban J connectivity index is 1.84. The highest BCUT2D eigenvalue weighted by Gasteiger charge is 2.16. The Morgan fingerprint density at radius 2 is 1.65 bits per heavy atom. The molecule has 0 saturated heterocycles. The zero-order valence-electron chi connectivity index (χ0n) is 14.8. The predicted octanol–water partition coefficient (Wildman–Crippen LogP) is 4.81. The van der Waals surface area contributed by atoms with Gasteiger partial charge in [-0.25, -0.2) is 9.59 Å². The minimum Gasteiger partial charge on any atom is -0.482 e. The molecule has 0 spiro atoms. The minimum absolute atomic E-state index is 0.174. The molecule has 0 radical (unpaired) electrons. The topological polar surface area (TPSA) is 76.7 Å². The Bertz CT molecular complexity index is 770. The summed E-state index contributed by atoms with van der Waals surface area (Å²) in [6, 6.07) is 13.7. The van der Waals surface area contributed by atoms with Crippen LogP contribution in [0.2, 0.25) is 0 Å². The van der Waals surface area contributed by atoms with Crippen LogP contribution in [0, 0.1) is 0 Å². The third-order valence-electron chi connectivity index (χ3n) is 3.01. The van der Waals surface area contributed by atoms with Crippen molar-refractivity contribution >= 4 is 39.3 Å². The first-order chi connectivity index (χ1) is 12.2. The molecule has 0 aromatic heterocycles. The molecule has 0 bridgehead atoms. The zero-order chi connectivity index (χ0) is 19.2. The molecule has 0 saturated carbocycles. The molecular formula is C19H21BrN2O4. The molecule has 2 rings (SSSR count). The fourth-order valence-electron chi connectivity index (χ4n) is 1.99. The van der Waals surface area contributed by atoms with E-state index in [1.807, 2.05) is 18.2 Å². The summed E-state index contributed by atoms with van der Waals surface area (Å²) in [6.45, 7) is 5.21. The largest absolute Gasteiger partial charge is 0.482 e. The third-order valence-corrected chi connectivity index (χ3v) is 3.70. The number of urea groups is 1. The number of rotatable bonds is 5. The Kier molecular flexibility index (Phi) is 6.63. The van der Waals surface area contributed by atoms with Crippen molar-refractivity contribution in [3.63, 3.8) is 0 Å². The fraction of sp³-hybridized carbons (Fsp3) is 0.263. The van der Waals surface area contributed by atoms with Crippen LogP contribution in [0.1, 0.15) is 20.8 Å². The van der Waals surface area contributed by atoms with Crippen LogP contribution in [0.4, 0.5) is 16.2 Å². The van der Waals surface area contributed by atoms with Crippen LogP contribution < -0.4 is 15.4 Å². The lowest BCUT2D eigenvalue weighted by atomic mass is 10.2. The summed E-state index contributed by atoms with van der Waals surface area (Å²) in [5.41, 5.74) is 0.719. The van der Waals surface area contributed by atoms with E-state index >= 15 is 0 Å². The molecule has 0 atom stereocenters. The maximum atomic E-state index is 12.0. The summed E-state index contributed by atoms with van der Waals surface area (Å²) in [7, 11) is 0. The highest BCUT2D eigenvalue weighted by atomic mass is 79.9. The summed E-state index contributed by atoms with van der Waals surface area (Å²) < 4.78 is 11.3. The Morgan fingerprint density at radius 1 is 1.00 bits per heavy atom. The number of esters is 1. The van der Waals surface area contributed by atoms with Gasteiger partial charge in [0.2, 0.25) is 0 Å². The number of para-hydroxylation sites is 1. The minimum atomic E-state index is -0.546. The monoisotopic (exact) mass is 420 g/mol. The van der Waals surface area contributed by atoms with Crippen LogP contribution in [-0.2, 0) is 9.53 Å². The first-order valence-electron chi connectivity index (χ1n) is 8.00. The van der Waals surface area contributed by atoms with Crippen molar-refractivity contribution in [1.29, 1.82) is 0 Å². The van der Waals surface area contributed by atoms with Crippen LogP contribution in [0.25, 0.3) is 0 Å². The van der Waals surface area contributed by atoms with Crippen LogP contribution in [0.15, 0.2) is 53.0 Å². The standard InChI is InChI=1S/C19H21BrN2O4/c1-19(2,3)26-17(23)12-25-14-10-8-13(9-11-14)21-18(24)22-16-7-5-4-6-15(16)20/h4-11H,12H2,1-3H3,(H2,21,22,24). The molecule has 2 N–H and O–H groups in total. The number of ether oxygens (including phenoxy) is 2. The van der Waals surface area contributed by atoms with E-state index in [4.69, 9.17) is 9.47 Å². The number of nitrogens with one attached hydrogen (secondary N) is 2. The van der Waals surface area contributed by atoms with Crippen LogP contribution in [-0.4, -0.2) is 24.2 Å². The third kappa shape index (κ3) is 6.76. The second-order valence-corrected chi connectivity index (χ2v) is 7.31. The van der Waals surface area contributed by atoms with Gasteiger partial charge >= 0.3 is 12.0 Å². The second kappa shape index (κ2) is 8.71. The summed E-state index contributed by atoms with van der Waals surface area (Å²) in [5.74, 6) is 0.0696. The molecule has 0 heterocycles. The fourth-order valence-corrected chi connectivity index (χ4v) is 2.38. The molecule has 0 aliphatic carbocycles. The number of carbonyl (C=O) groups excluding carboxylic acids is 2. The van der Waals surface area contributed by atoms with E-state index in [0.717, 1.165) is 4.47 Å². The highest BCUT2D eigenvalue weighted by molar-refractivity contribution is 9.10. The SMILES string of the molecule is CC(C)(C)OC(=O)COc1ccc(NC(=O)Nc2ccccc2Br)cc1. The van der Waals surface area contributed by atoms with E-state index in [1.165, 1.54) is 0 Å². The first-order valence-corrected chi connectivity index (χ1v) is 8.79. The zero-order valence-corrected chi connectivity index (χ0v) is 16.4. The number of hydrogen-bond acceptors (Lipinski definition) is 4. The molecule has 0 aliphatic heterocycles. The van der Waals surface area contributed by atoms with Gasteiger partial charge in [-0.15, -0.1) is 0 Å². The molecule has 0 aliphatic rings. The number of amides is 2. The number of halogens is 1. The summed E-state index contributed by atoms with van der Waals surface area (Å²) in [6.07, 6.45) is 0. The number of benzene rings is 2. The predicted molar refractivity (Wildman–Crippen MR) is 105 cm³/mol. The molecule has 0 fully saturated rings. The number of carbonyl (C=O) groups is 2. The summed E-state index contributed by atoms with van der Waals surface area (Å²) in [5, 5.41) is 5.47. The van der Waals surface area contributed by atoms with Gasteiger partial charge in [0, 0.05) is 10.2 Å². The van der Waals surface area contributed by atoms with Gasteiger partial charge in [0.1, 0.15) is 11.4 Å². The van der Waals surface area contributed by atoms with E-state index in [-0.39, 0.29) is 12.6 Å². The van der Waals surface area contributed by atoms with Gasteiger partial charge in [-0.1, -0.05) is 12.1 Å². The van der Waals surface area contributed by atoms with Crippen molar-refractivity contribution in [2.75, 3.05) is 17.2 Å². The van der Waals surface area contributed by atoms with Gasteiger partial charge in [0.15, 0.2) is 6.61 Å². The Morgan fingerprint density at radius 3 is 2.27 bits per heavy atom. The van der Waals surface area contributed by atoms with Crippen LogP contribution in [0.3, 0.4) is 0 Å². The van der Waals surface area contributed by atoms with Gasteiger partial charge < -0.3 is 20.1 Å². The summed E-state index contributed by atoms with van der Waals surface area (Å²) in [4.78, 5) is 23.7. The summed E-state index contributed by atoms with van der Waals surface area (Å²) >= 11 is 3.37. The van der Waals surface area contributed by atoms with Crippen molar-refractivity contribution in [1.82, 2.24) is 0 Å². The first kappa shape index (κ1) is 19.8. The van der Waals surface area contributed by atoms with Crippen LogP contribution in [0.5, 0.6) is 5.75 Å². The molecular weight excluding hydrogens is 400 g/mol. The van der Waals surface area contributed by atoms with Crippen molar-refractivity contribution < 1.29 is 19.1 Å². The molecule has 7 heteroatoms. The van der Waals surface area contributed by atoms with Crippen LogP contribution >= 0.6 is 15.9 Å². The molecule has 2 aromatic carbocycles. The maximum Gasteiger partial charge on any atom is 0.344 e. The number of hydrogen-bond donors (Lipinski definition) is 2. The smallest absolute Gasteiger partial charge is 0.344 e. The average molecular weight is 421 g/mol. The van der Waals surface area contributed by atoms with E-state index < -0.39 is 11.6 Å². The quantitative estimate of drug-likeness (QED) is 0.680. The van der Waals surface area contributed by atoms with E-state index in [2.05, 4.69) is 26.6 Å². The molecule has 2 amide bonds. The van der Waals surface area contributed by atoms with Gasteiger partial charge in [-0.2, -0.15) is 0 Å². The lowest BCUT2D eigenvalue weighted by molar-refractivity contribution is -0.157. The Hall–Kier alpha value is -2.54. The van der Waals surface area contributed by atoms with Crippen molar-refractivity contribution in [3.8, 4) is 5.75 Å². The van der Waals surface area contributed by atoms with E-state index in [1.54, 1.807) is 51.1 Å². The molecule has 26 heavy (non-hydrogen) atoms. The van der Waals surface area contributed by atoms with Gasteiger partial charge in [0.25, 0.3) is 0 Å². The lowest BCUT2D eigenvalue weighted by Crippen LogP contribution is -2.27. The maximum absolute atomic E-state index is 12.0. The van der Waals surface area contributed by atoms with E-state index in [9.17, 15) is 9.59 Å². The Labute approximate surface area is 161 Å². The van der Waals surface area contributed by atoms with Gasteiger partial charge in [-0.3, -0.25) is 0 Å². The molecule has 2 aromatic rings.